The number of esters is 1. The molecule has 1 aromatic rings. The zero-order chi connectivity index (χ0) is 14.5. The Morgan fingerprint density at radius 1 is 1.32 bits per heavy atom. The fourth-order valence-electron chi connectivity index (χ4n) is 1.73. The van der Waals surface area contributed by atoms with Crippen LogP contribution in [0.25, 0.3) is 0 Å². The van der Waals surface area contributed by atoms with Crippen LogP contribution in [0.5, 0.6) is 0 Å². The van der Waals surface area contributed by atoms with Crippen LogP contribution in [0.2, 0.25) is 0 Å². The summed E-state index contributed by atoms with van der Waals surface area (Å²) in [7, 11) is 0. The van der Waals surface area contributed by atoms with Crippen LogP contribution in [0.15, 0.2) is 17.5 Å². The van der Waals surface area contributed by atoms with E-state index in [0.29, 0.717) is 13.0 Å². The maximum Gasteiger partial charge on any atom is 0.307 e. The molecule has 0 fully saturated rings. The summed E-state index contributed by atoms with van der Waals surface area (Å²) in [6.07, 6.45) is 0.414. The third kappa shape index (κ3) is 6.21. The Bertz CT molecular complexity index is 391. The van der Waals surface area contributed by atoms with Gasteiger partial charge in [0.15, 0.2) is 0 Å². The standard InChI is InChI=1S/C15H25NO2S/c1-14(2,3)18-13(17)8-9-16-11-15(4,5)12-7-6-10-19-12/h6-7,10,16H,8-9,11H2,1-5H3. The SMILES string of the molecule is CC(C)(C)OC(=O)CCNCC(C)(C)c1cccs1. The number of nitrogens with one attached hydrogen (secondary N) is 1. The highest BCUT2D eigenvalue weighted by molar-refractivity contribution is 7.10. The van der Waals surface area contributed by atoms with Gasteiger partial charge in [-0.1, -0.05) is 19.9 Å². The van der Waals surface area contributed by atoms with Crippen LogP contribution in [0.4, 0.5) is 0 Å². The van der Waals surface area contributed by atoms with Crippen molar-refractivity contribution in [3.63, 3.8) is 0 Å². The van der Waals surface area contributed by atoms with Crippen LogP contribution in [0.1, 0.15) is 45.9 Å². The lowest BCUT2D eigenvalue weighted by Gasteiger charge is -2.24. The Balaban J connectivity index is 2.26. The first-order valence-electron chi connectivity index (χ1n) is 6.67. The molecule has 0 radical (unpaired) electrons. The lowest BCUT2D eigenvalue weighted by Crippen LogP contribution is -2.34. The van der Waals surface area contributed by atoms with E-state index in [4.69, 9.17) is 4.74 Å². The molecule has 0 atom stereocenters. The first kappa shape index (κ1) is 16.2. The number of thiophene rings is 1. The molecule has 0 unspecified atom stereocenters. The number of rotatable bonds is 6. The van der Waals surface area contributed by atoms with Gasteiger partial charge in [0.1, 0.15) is 5.60 Å². The number of hydrogen-bond donors (Lipinski definition) is 1. The molecule has 1 rings (SSSR count). The van der Waals surface area contributed by atoms with E-state index in [0.717, 1.165) is 6.54 Å². The molecular formula is C15H25NO2S. The Hall–Kier alpha value is -0.870. The number of hydrogen-bond acceptors (Lipinski definition) is 4. The Labute approximate surface area is 120 Å². The highest BCUT2D eigenvalue weighted by atomic mass is 32.1. The fourth-order valence-corrected chi connectivity index (χ4v) is 2.59. The van der Waals surface area contributed by atoms with Crippen molar-refractivity contribution in [2.75, 3.05) is 13.1 Å². The third-order valence-electron chi connectivity index (χ3n) is 2.68. The second-order valence-corrected chi connectivity index (χ2v) is 7.32. The number of carbonyl (C=O) groups excluding carboxylic acids is 1. The van der Waals surface area contributed by atoms with E-state index in [1.165, 1.54) is 4.88 Å². The minimum Gasteiger partial charge on any atom is -0.460 e. The van der Waals surface area contributed by atoms with Gasteiger partial charge in [-0.05, 0) is 32.2 Å². The first-order chi connectivity index (χ1) is 8.71. The van der Waals surface area contributed by atoms with Crippen molar-refractivity contribution in [3.05, 3.63) is 22.4 Å². The molecule has 1 aromatic heterocycles. The predicted octanol–water partition coefficient (Wildman–Crippen LogP) is 3.35. The van der Waals surface area contributed by atoms with Crippen LogP contribution in [0.3, 0.4) is 0 Å². The minimum absolute atomic E-state index is 0.0993. The average molecular weight is 283 g/mol. The smallest absolute Gasteiger partial charge is 0.307 e. The lowest BCUT2D eigenvalue weighted by molar-refractivity contribution is -0.154. The quantitative estimate of drug-likeness (QED) is 0.643. The number of carbonyl (C=O) groups is 1. The van der Waals surface area contributed by atoms with Crippen molar-refractivity contribution in [2.45, 2.75) is 52.1 Å². The van der Waals surface area contributed by atoms with E-state index in [-0.39, 0.29) is 11.4 Å². The summed E-state index contributed by atoms with van der Waals surface area (Å²) in [5, 5.41) is 5.43. The molecule has 0 aliphatic rings. The van der Waals surface area contributed by atoms with Gasteiger partial charge in [-0.2, -0.15) is 0 Å². The summed E-state index contributed by atoms with van der Waals surface area (Å²) in [5.74, 6) is -0.145. The second-order valence-electron chi connectivity index (χ2n) is 6.37. The van der Waals surface area contributed by atoms with Crippen molar-refractivity contribution >= 4 is 17.3 Å². The van der Waals surface area contributed by atoms with Crippen LogP contribution >= 0.6 is 11.3 Å². The van der Waals surface area contributed by atoms with E-state index in [9.17, 15) is 4.79 Å². The van der Waals surface area contributed by atoms with Crippen molar-refractivity contribution in [1.82, 2.24) is 5.32 Å². The van der Waals surface area contributed by atoms with E-state index < -0.39 is 5.60 Å². The van der Waals surface area contributed by atoms with Gasteiger partial charge in [0, 0.05) is 23.4 Å². The summed E-state index contributed by atoms with van der Waals surface area (Å²) in [4.78, 5) is 12.9. The minimum atomic E-state index is -0.396. The topological polar surface area (TPSA) is 38.3 Å². The van der Waals surface area contributed by atoms with Crippen molar-refractivity contribution < 1.29 is 9.53 Å². The maximum absolute atomic E-state index is 11.6. The molecule has 4 heteroatoms. The van der Waals surface area contributed by atoms with Crippen molar-refractivity contribution in [3.8, 4) is 0 Å². The zero-order valence-electron chi connectivity index (χ0n) is 12.6. The van der Waals surface area contributed by atoms with Gasteiger partial charge in [-0.25, -0.2) is 0 Å². The highest BCUT2D eigenvalue weighted by Crippen LogP contribution is 2.26. The molecule has 0 aliphatic carbocycles. The Kier molecular flexibility index (Phi) is 5.56. The van der Waals surface area contributed by atoms with Gasteiger partial charge < -0.3 is 10.1 Å². The average Bonchev–Trinajstić information content (AvgIpc) is 2.75. The third-order valence-corrected chi connectivity index (χ3v) is 3.92. The van der Waals surface area contributed by atoms with E-state index in [2.05, 4.69) is 36.7 Å². The molecule has 1 heterocycles. The summed E-state index contributed by atoms with van der Waals surface area (Å²) in [6.45, 7) is 11.6. The van der Waals surface area contributed by atoms with Gasteiger partial charge >= 0.3 is 5.97 Å². The highest BCUT2D eigenvalue weighted by Gasteiger charge is 2.21. The fraction of sp³-hybridized carbons (Fsp3) is 0.667. The largest absolute Gasteiger partial charge is 0.460 e. The molecular weight excluding hydrogens is 258 g/mol. The van der Waals surface area contributed by atoms with Crippen molar-refractivity contribution in [2.24, 2.45) is 0 Å². The summed E-state index contributed by atoms with van der Waals surface area (Å²) in [5.41, 5.74) is -0.296. The predicted molar refractivity (Wildman–Crippen MR) is 80.7 cm³/mol. The summed E-state index contributed by atoms with van der Waals surface area (Å²) >= 11 is 1.77. The molecule has 0 spiro atoms. The molecule has 0 amide bonds. The van der Waals surface area contributed by atoms with Crippen LogP contribution in [0, 0.1) is 0 Å². The maximum atomic E-state index is 11.6. The van der Waals surface area contributed by atoms with Gasteiger partial charge in [-0.3, -0.25) is 4.79 Å². The molecule has 0 aromatic carbocycles. The van der Waals surface area contributed by atoms with Gasteiger partial charge in [-0.15, -0.1) is 11.3 Å². The van der Waals surface area contributed by atoms with Gasteiger partial charge in [0.2, 0.25) is 0 Å². The molecule has 1 N–H and O–H groups in total. The molecule has 0 saturated heterocycles. The second kappa shape index (κ2) is 6.53. The molecule has 3 nitrogen and oxygen atoms in total. The molecule has 0 aliphatic heterocycles. The normalized spacial score (nSPS) is 12.5. The first-order valence-corrected chi connectivity index (χ1v) is 7.55. The summed E-state index contributed by atoms with van der Waals surface area (Å²) < 4.78 is 5.27. The van der Waals surface area contributed by atoms with E-state index in [1.807, 2.05) is 20.8 Å². The number of ether oxygens (including phenoxy) is 1. The van der Waals surface area contributed by atoms with Gasteiger partial charge in [0.25, 0.3) is 0 Å². The Morgan fingerprint density at radius 3 is 2.53 bits per heavy atom. The molecule has 19 heavy (non-hydrogen) atoms. The zero-order valence-corrected chi connectivity index (χ0v) is 13.4. The van der Waals surface area contributed by atoms with E-state index >= 15 is 0 Å². The summed E-state index contributed by atoms with van der Waals surface area (Å²) in [6, 6.07) is 4.22. The van der Waals surface area contributed by atoms with Gasteiger partial charge in [0.05, 0.1) is 6.42 Å². The van der Waals surface area contributed by atoms with E-state index in [1.54, 1.807) is 11.3 Å². The lowest BCUT2D eigenvalue weighted by atomic mass is 9.91. The molecule has 0 bridgehead atoms. The monoisotopic (exact) mass is 283 g/mol. The molecule has 108 valence electrons. The van der Waals surface area contributed by atoms with Crippen LogP contribution < -0.4 is 5.32 Å². The molecule has 0 saturated carbocycles. The van der Waals surface area contributed by atoms with Crippen LogP contribution in [-0.2, 0) is 14.9 Å². The van der Waals surface area contributed by atoms with Crippen molar-refractivity contribution in [1.29, 1.82) is 0 Å². The van der Waals surface area contributed by atoms with Crippen LogP contribution in [-0.4, -0.2) is 24.7 Å². The Morgan fingerprint density at radius 2 is 2.00 bits per heavy atom.